The number of benzene rings is 1. The zero-order valence-corrected chi connectivity index (χ0v) is 8.69. The summed E-state index contributed by atoms with van der Waals surface area (Å²) in [4.78, 5) is 0. The average Bonchev–Trinajstić information content (AvgIpc) is 2.06. The first-order valence-electron chi connectivity index (χ1n) is 4.55. The molecule has 1 aromatic rings. The van der Waals surface area contributed by atoms with Gasteiger partial charge in [-0.3, -0.25) is 0 Å². The molecule has 0 amide bonds. The minimum atomic E-state index is -0.0714. The number of halogens is 1. The van der Waals surface area contributed by atoms with Crippen molar-refractivity contribution >= 4 is 11.6 Å². The smallest absolute Gasteiger partial charge is 0.141 e. The third-order valence-corrected chi connectivity index (χ3v) is 2.72. The lowest BCUT2D eigenvalue weighted by Gasteiger charge is -2.32. The highest BCUT2D eigenvalue weighted by Gasteiger charge is 2.27. The molecule has 0 atom stereocenters. The molecule has 70 valence electrons. The van der Waals surface area contributed by atoms with Gasteiger partial charge in [0, 0.05) is 0 Å². The standard InChI is InChI=1S/C11H13ClO/c1-11(2)7-6-8-4-3-5-9(12)10(8)13-11/h3-5H,6-7H2,1-2H3. The summed E-state index contributed by atoms with van der Waals surface area (Å²) in [5.74, 6) is 0.875. The van der Waals surface area contributed by atoms with Gasteiger partial charge in [0.25, 0.3) is 0 Å². The van der Waals surface area contributed by atoms with Gasteiger partial charge in [-0.25, -0.2) is 0 Å². The van der Waals surface area contributed by atoms with Crippen molar-refractivity contribution in [2.45, 2.75) is 32.3 Å². The van der Waals surface area contributed by atoms with Crippen LogP contribution in [0.3, 0.4) is 0 Å². The largest absolute Gasteiger partial charge is 0.486 e. The third-order valence-electron chi connectivity index (χ3n) is 2.42. The summed E-state index contributed by atoms with van der Waals surface area (Å²) < 4.78 is 5.82. The van der Waals surface area contributed by atoms with Crippen LogP contribution in [0.25, 0.3) is 0 Å². The van der Waals surface area contributed by atoms with Crippen LogP contribution in [-0.4, -0.2) is 5.60 Å². The summed E-state index contributed by atoms with van der Waals surface area (Å²) >= 11 is 6.04. The number of aryl methyl sites for hydroxylation is 1. The Hall–Kier alpha value is -0.690. The van der Waals surface area contributed by atoms with Crippen LogP contribution in [0.1, 0.15) is 25.8 Å². The van der Waals surface area contributed by atoms with Gasteiger partial charge in [0.15, 0.2) is 0 Å². The molecule has 0 saturated carbocycles. The van der Waals surface area contributed by atoms with E-state index in [0.29, 0.717) is 0 Å². The summed E-state index contributed by atoms with van der Waals surface area (Å²) in [6.07, 6.45) is 2.11. The van der Waals surface area contributed by atoms with Crippen LogP contribution in [0.4, 0.5) is 0 Å². The van der Waals surface area contributed by atoms with Crippen LogP contribution in [0.15, 0.2) is 18.2 Å². The molecule has 0 aliphatic carbocycles. The van der Waals surface area contributed by atoms with Gasteiger partial charge >= 0.3 is 0 Å². The summed E-state index contributed by atoms with van der Waals surface area (Å²) in [6, 6.07) is 5.93. The second-order valence-electron chi connectivity index (χ2n) is 4.09. The molecule has 0 unspecified atom stereocenters. The van der Waals surface area contributed by atoms with E-state index in [2.05, 4.69) is 19.9 Å². The molecular weight excluding hydrogens is 184 g/mol. The van der Waals surface area contributed by atoms with Gasteiger partial charge in [-0.15, -0.1) is 0 Å². The lowest BCUT2D eigenvalue weighted by molar-refractivity contribution is 0.0848. The van der Waals surface area contributed by atoms with E-state index in [0.717, 1.165) is 23.6 Å². The van der Waals surface area contributed by atoms with E-state index < -0.39 is 0 Å². The first-order chi connectivity index (χ1) is 6.08. The predicted molar refractivity (Wildman–Crippen MR) is 54.5 cm³/mol. The van der Waals surface area contributed by atoms with Gasteiger partial charge in [-0.05, 0) is 38.3 Å². The molecule has 0 fully saturated rings. The van der Waals surface area contributed by atoms with E-state index in [1.807, 2.05) is 12.1 Å². The lowest BCUT2D eigenvalue weighted by Crippen LogP contribution is -2.32. The number of para-hydroxylation sites is 1. The summed E-state index contributed by atoms with van der Waals surface area (Å²) in [5, 5.41) is 0.727. The Labute approximate surface area is 83.7 Å². The van der Waals surface area contributed by atoms with Gasteiger partial charge in [0.1, 0.15) is 11.4 Å². The number of hydrogen-bond donors (Lipinski definition) is 0. The fraction of sp³-hybridized carbons (Fsp3) is 0.455. The molecule has 0 aromatic heterocycles. The van der Waals surface area contributed by atoms with Crippen molar-refractivity contribution in [3.8, 4) is 5.75 Å². The minimum absolute atomic E-state index is 0.0714. The van der Waals surface area contributed by atoms with Crippen molar-refractivity contribution in [3.05, 3.63) is 28.8 Å². The van der Waals surface area contributed by atoms with E-state index in [9.17, 15) is 0 Å². The fourth-order valence-electron chi connectivity index (χ4n) is 1.63. The lowest BCUT2D eigenvalue weighted by atomic mass is 9.94. The van der Waals surface area contributed by atoms with Crippen molar-refractivity contribution in [3.63, 3.8) is 0 Å². The maximum absolute atomic E-state index is 6.04. The number of hydrogen-bond acceptors (Lipinski definition) is 1. The van der Waals surface area contributed by atoms with E-state index in [1.165, 1.54) is 5.56 Å². The molecule has 1 nitrogen and oxygen atoms in total. The first-order valence-corrected chi connectivity index (χ1v) is 4.93. The van der Waals surface area contributed by atoms with E-state index in [1.54, 1.807) is 0 Å². The number of rotatable bonds is 0. The Balaban J connectivity index is 2.44. The molecule has 1 aliphatic rings. The topological polar surface area (TPSA) is 9.23 Å². The first kappa shape index (κ1) is 8.89. The molecule has 1 aromatic carbocycles. The summed E-state index contributed by atoms with van der Waals surface area (Å²) in [6.45, 7) is 4.19. The molecule has 1 aliphatic heterocycles. The van der Waals surface area contributed by atoms with Gasteiger partial charge in [0.05, 0.1) is 5.02 Å². The minimum Gasteiger partial charge on any atom is -0.486 e. The van der Waals surface area contributed by atoms with Gasteiger partial charge in [-0.2, -0.15) is 0 Å². The van der Waals surface area contributed by atoms with Crippen LogP contribution in [0, 0.1) is 0 Å². The maximum atomic E-state index is 6.04. The quantitative estimate of drug-likeness (QED) is 0.618. The Morgan fingerprint density at radius 1 is 1.38 bits per heavy atom. The third kappa shape index (κ3) is 1.66. The highest BCUT2D eigenvalue weighted by atomic mass is 35.5. The fourth-order valence-corrected chi connectivity index (χ4v) is 1.86. The molecule has 0 N–H and O–H groups in total. The van der Waals surface area contributed by atoms with Crippen molar-refractivity contribution in [2.75, 3.05) is 0 Å². The van der Waals surface area contributed by atoms with Crippen LogP contribution < -0.4 is 4.74 Å². The normalized spacial score (nSPS) is 19.0. The molecule has 0 spiro atoms. The Morgan fingerprint density at radius 2 is 2.15 bits per heavy atom. The molecule has 2 heteroatoms. The Kier molecular flexibility index (Phi) is 1.99. The average molecular weight is 197 g/mol. The molecule has 2 rings (SSSR count). The van der Waals surface area contributed by atoms with Gasteiger partial charge in [-0.1, -0.05) is 23.7 Å². The highest BCUT2D eigenvalue weighted by molar-refractivity contribution is 6.32. The van der Waals surface area contributed by atoms with Crippen molar-refractivity contribution in [1.29, 1.82) is 0 Å². The van der Waals surface area contributed by atoms with Crippen LogP contribution in [0.2, 0.25) is 5.02 Å². The van der Waals surface area contributed by atoms with Crippen LogP contribution in [-0.2, 0) is 6.42 Å². The molecule has 0 radical (unpaired) electrons. The molecule has 1 heterocycles. The van der Waals surface area contributed by atoms with Crippen molar-refractivity contribution in [2.24, 2.45) is 0 Å². The van der Waals surface area contributed by atoms with E-state index in [4.69, 9.17) is 16.3 Å². The molecular formula is C11H13ClO. The summed E-state index contributed by atoms with van der Waals surface area (Å²) in [7, 11) is 0. The molecule has 0 saturated heterocycles. The number of ether oxygens (including phenoxy) is 1. The predicted octanol–water partition coefficient (Wildman–Crippen LogP) is 3.44. The zero-order chi connectivity index (χ0) is 9.47. The van der Waals surface area contributed by atoms with E-state index in [-0.39, 0.29) is 5.60 Å². The van der Waals surface area contributed by atoms with Crippen LogP contribution >= 0.6 is 11.6 Å². The van der Waals surface area contributed by atoms with E-state index >= 15 is 0 Å². The van der Waals surface area contributed by atoms with Gasteiger partial charge in [0.2, 0.25) is 0 Å². The summed E-state index contributed by atoms with van der Waals surface area (Å²) in [5.41, 5.74) is 1.16. The maximum Gasteiger partial charge on any atom is 0.141 e. The highest BCUT2D eigenvalue weighted by Crippen LogP contribution is 2.37. The van der Waals surface area contributed by atoms with Gasteiger partial charge < -0.3 is 4.74 Å². The second kappa shape index (κ2) is 2.91. The Bertz CT molecular complexity index is 331. The zero-order valence-electron chi connectivity index (χ0n) is 7.93. The van der Waals surface area contributed by atoms with Crippen molar-refractivity contribution in [1.82, 2.24) is 0 Å². The van der Waals surface area contributed by atoms with Crippen LogP contribution in [0.5, 0.6) is 5.75 Å². The Morgan fingerprint density at radius 3 is 2.92 bits per heavy atom. The second-order valence-corrected chi connectivity index (χ2v) is 4.50. The molecule has 0 bridgehead atoms. The number of fused-ring (bicyclic) bond motifs is 1. The van der Waals surface area contributed by atoms with Crippen molar-refractivity contribution < 1.29 is 4.74 Å². The molecule has 13 heavy (non-hydrogen) atoms. The SMILES string of the molecule is CC1(C)CCc2cccc(Cl)c2O1. The monoisotopic (exact) mass is 196 g/mol.